The van der Waals surface area contributed by atoms with E-state index in [9.17, 15) is 4.79 Å². The molecule has 1 amide bonds. The number of fused-ring (bicyclic) bond motifs is 1. The number of nitrogens with zero attached hydrogens (tertiary/aromatic N) is 4. The molecule has 1 saturated heterocycles. The number of benzene rings is 2. The lowest BCUT2D eigenvalue weighted by Gasteiger charge is -2.70. The van der Waals surface area contributed by atoms with Gasteiger partial charge in [0.05, 0.1) is 34.8 Å². The topological polar surface area (TPSA) is 61.9 Å². The first-order valence-electron chi connectivity index (χ1n) is 10.3. The maximum absolute atomic E-state index is 13.3. The van der Waals surface area contributed by atoms with Crippen molar-refractivity contribution in [3.8, 4) is 6.07 Å². The zero-order valence-corrected chi connectivity index (χ0v) is 16.2. The van der Waals surface area contributed by atoms with Gasteiger partial charge in [0, 0.05) is 18.5 Å². The predicted octanol–water partition coefficient (Wildman–Crippen LogP) is 4.05. The molecule has 1 aromatic heterocycles. The lowest BCUT2D eigenvalue weighted by atomic mass is 9.34. The molecule has 0 spiro atoms. The van der Waals surface area contributed by atoms with Crippen LogP contribution in [-0.2, 0) is 11.3 Å². The van der Waals surface area contributed by atoms with Crippen LogP contribution in [0.15, 0.2) is 54.7 Å². The molecule has 4 fully saturated rings. The molecular weight excluding hydrogens is 360 g/mol. The Hall–Kier alpha value is -3.13. The van der Waals surface area contributed by atoms with Gasteiger partial charge in [0.2, 0.25) is 5.91 Å². The molecule has 2 bridgehead atoms. The van der Waals surface area contributed by atoms with E-state index in [1.807, 2.05) is 30.5 Å². The molecule has 2 aromatic carbocycles. The monoisotopic (exact) mass is 382 g/mol. The number of hydrogen-bond acceptors (Lipinski definition) is 3. The molecule has 5 nitrogen and oxygen atoms in total. The summed E-state index contributed by atoms with van der Waals surface area (Å²) in [4.78, 5) is 15.4. The van der Waals surface area contributed by atoms with Crippen molar-refractivity contribution in [2.75, 3.05) is 6.54 Å². The molecule has 1 unspecified atom stereocenters. The van der Waals surface area contributed by atoms with Crippen molar-refractivity contribution in [3.63, 3.8) is 0 Å². The van der Waals surface area contributed by atoms with Crippen molar-refractivity contribution < 1.29 is 4.79 Å². The van der Waals surface area contributed by atoms with Crippen LogP contribution in [0.1, 0.15) is 42.9 Å². The van der Waals surface area contributed by atoms with Gasteiger partial charge in [0.25, 0.3) is 0 Å². The summed E-state index contributed by atoms with van der Waals surface area (Å²) in [5.74, 6) is 0.364. The van der Waals surface area contributed by atoms with Gasteiger partial charge in [-0.3, -0.25) is 9.48 Å². The molecule has 2 heterocycles. The highest BCUT2D eigenvalue weighted by atomic mass is 16.2. The molecular formula is C24H22N4O. The number of hydrogen-bond donors (Lipinski definition) is 0. The maximum atomic E-state index is 13.3. The van der Waals surface area contributed by atoms with E-state index in [-0.39, 0.29) is 16.9 Å². The molecule has 1 aliphatic heterocycles. The van der Waals surface area contributed by atoms with Crippen LogP contribution < -0.4 is 0 Å². The molecule has 0 N–H and O–H groups in total. The number of carbonyl (C=O) groups is 1. The van der Waals surface area contributed by atoms with Crippen molar-refractivity contribution in [2.45, 2.75) is 38.3 Å². The predicted molar refractivity (Wildman–Crippen MR) is 109 cm³/mol. The van der Waals surface area contributed by atoms with Crippen LogP contribution in [0.2, 0.25) is 0 Å². The maximum Gasteiger partial charge on any atom is 0.229 e. The molecule has 29 heavy (non-hydrogen) atoms. The zero-order valence-electron chi connectivity index (χ0n) is 16.2. The average Bonchev–Trinajstić information content (AvgIpc) is 3.05. The van der Waals surface area contributed by atoms with Crippen LogP contribution in [-0.4, -0.2) is 27.1 Å². The summed E-state index contributed by atoms with van der Waals surface area (Å²) in [7, 11) is 0. The van der Waals surface area contributed by atoms with Crippen molar-refractivity contribution in [3.05, 3.63) is 65.9 Å². The third-order valence-electron chi connectivity index (χ3n) is 7.31. The van der Waals surface area contributed by atoms with Gasteiger partial charge in [0.1, 0.15) is 0 Å². The van der Waals surface area contributed by atoms with Crippen molar-refractivity contribution >= 4 is 16.8 Å². The number of rotatable bonds is 4. The Kier molecular flexibility index (Phi) is 3.30. The van der Waals surface area contributed by atoms with Gasteiger partial charge < -0.3 is 4.90 Å². The highest BCUT2D eigenvalue weighted by molar-refractivity contribution is 5.87. The zero-order chi connectivity index (χ0) is 19.6. The second kappa shape index (κ2) is 5.70. The normalized spacial score (nSPS) is 29.5. The fourth-order valence-corrected chi connectivity index (χ4v) is 5.95. The van der Waals surface area contributed by atoms with E-state index in [0.717, 1.165) is 49.7 Å². The van der Waals surface area contributed by atoms with Crippen LogP contribution in [0.5, 0.6) is 0 Å². The minimum Gasteiger partial charge on any atom is -0.335 e. The summed E-state index contributed by atoms with van der Waals surface area (Å²) in [5, 5.41) is 14.6. The van der Waals surface area contributed by atoms with Crippen molar-refractivity contribution in [1.82, 2.24) is 14.7 Å². The van der Waals surface area contributed by atoms with Crippen molar-refractivity contribution in [2.24, 2.45) is 10.8 Å². The first-order chi connectivity index (χ1) is 14.1. The van der Waals surface area contributed by atoms with E-state index in [2.05, 4.69) is 45.0 Å². The summed E-state index contributed by atoms with van der Waals surface area (Å²) < 4.78 is 2.06. The van der Waals surface area contributed by atoms with Crippen LogP contribution in [0.4, 0.5) is 0 Å². The summed E-state index contributed by atoms with van der Waals surface area (Å²) in [6, 6.07) is 18.6. The second-order valence-corrected chi connectivity index (χ2v) is 9.21. The fourth-order valence-electron chi connectivity index (χ4n) is 5.95. The number of carbonyl (C=O) groups excluding carboxylic acids is 1. The average molecular weight is 382 g/mol. The Bertz CT molecular complexity index is 1150. The highest BCUT2D eigenvalue weighted by Gasteiger charge is 2.72. The van der Waals surface area contributed by atoms with Gasteiger partial charge in [0.15, 0.2) is 0 Å². The quantitative estimate of drug-likeness (QED) is 0.684. The number of amides is 1. The molecule has 144 valence electrons. The van der Waals surface area contributed by atoms with E-state index in [0.29, 0.717) is 11.5 Å². The first-order valence-corrected chi connectivity index (χ1v) is 10.3. The minimum absolute atomic E-state index is 0.121. The molecule has 3 aliphatic carbocycles. The lowest BCUT2D eigenvalue weighted by Crippen LogP contribution is -2.70. The SMILES string of the molecule is N#Cc1ccc2c(cnn2CC23CC(C(=O)N4CCC4c4ccccc4)(C2)C3)c1. The summed E-state index contributed by atoms with van der Waals surface area (Å²) in [5.41, 5.74) is 3.09. The molecule has 4 aliphatic rings. The lowest BCUT2D eigenvalue weighted by molar-refractivity contribution is -0.227. The highest BCUT2D eigenvalue weighted by Crippen LogP contribution is 2.75. The minimum atomic E-state index is -0.121. The van der Waals surface area contributed by atoms with Gasteiger partial charge in [-0.15, -0.1) is 0 Å². The number of nitriles is 1. The van der Waals surface area contributed by atoms with Gasteiger partial charge in [-0.25, -0.2) is 0 Å². The fraction of sp³-hybridized carbons (Fsp3) is 0.375. The van der Waals surface area contributed by atoms with E-state index < -0.39 is 0 Å². The van der Waals surface area contributed by atoms with E-state index in [4.69, 9.17) is 5.26 Å². The number of aromatic nitrogens is 2. The number of likely N-dealkylation sites (tertiary alicyclic amines) is 1. The van der Waals surface area contributed by atoms with Crippen LogP contribution in [0.3, 0.4) is 0 Å². The molecule has 3 aromatic rings. The Labute approximate surface area is 169 Å². The second-order valence-electron chi connectivity index (χ2n) is 9.21. The molecule has 5 heteroatoms. The Balaban J connectivity index is 1.15. The third-order valence-corrected chi connectivity index (χ3v) is 7.31. The molecule has 0 radical (unpaired) electrons. The van der Waals surface area contributed by atoms with Gasteiger partial charge in [-0.2, -0.15) is 10.4 Å². The Morgan fingerprint density at radius 1 is 1.17 bits per heavy atom. The summed E-state index contributed by atoms with van der Waals surface area (Å²) in [6.07, 6.45) is 5.85. The first kappa shape index (κ1) is 16.8. The van der Waals surface area contributed by atoms with Gasteiger partial charge in [-0.1, -0.05) is 30.3 Å². The van der Waals surface area contributed by atoms with Gasteiger partial charge >= 0.3 is 0 Å². The third kappa shape index (κ3) is 2.32. The van der Waals surface area contributed by atoms with Crippen LogP contribution >= 0.6 is 0 Å². The van der Waals surface area contributed by atoms with Crippen LogP contribution in [0, 0.1) is 22.2 Å². The molecule has 7 rings (SSSR count). The smallest absolute Gasteiger partial charge is 0.229 e. The van der Waals surface area contributed by atoms with E-state index in [1.54, 1.807) is 0 Å². The largest absolute Gasteiger partial charge is 0.335 e. The molecule has 1 atom stereocenters. The van der Waals surface area contributed by atoms with E-state index in [1.165, 1.54) is 5.56 Å². The van der Waals surface area contributed by atoms with Crippen molar-refractivity contribution in [1.29, 1.82) is 5.26 Å². The van der Waals surface area contributed by atoms with E-state index >= 15 is 0 Å². The summed E-state index contributed by atoms with van der Waals surface area (Å²) in [6.45, 7) is 1.75. The Morgan fingerprint density at radius 2 is 1.97 bits per heavy atom. The Morgan fingerprint density at radius 3 is 2.66 bits per heavy atom. The molecule has 3 saturated carbocycles. The summed E-state index contributed by atoms with van der Waals surface area (Å²) >= 11 is 0. The van der Waals surface area contributed by atoms with Gasteiger partial charge in [-0.05, 0) is 54.9 Å². The standard InChI is InChI=1S/C24H22N4O/c25-11-17-6-7-21-19(10-17)12-26-28(21)16-23-13-24(14-23,15-23)22(29)27-9-8-20(27)18-4-2-1-3-5-18/h1-7,10,12,20H,8-9,13-16H2. The van der Waals surface area contributed by atoms with Crippen LogP contribution in [0.25, 0.3) is 10.9 Å².